The molecule has 4 nitrogen and oxygen atoms in total. The minimum atomic E-state index is 0.299. The van der Waals surface area contributed by atoms with Gasteiger partial charge in [0.1, 0.15) is 0 Å². The van der Waals surface area contributed by atoms with Crippen LogP contribution in [0.2, 0.25) is 0 Å². The Morgan fingerprint density at radius 1 is 0.939 bits per heavy atom. The van der Waals surface area contributed by atoms with E-state index in [1.54, 1.807) is 0 Å². The Bertz CT molecular complexity index is 1190. The zero-order valence-electron chi connectivity index (χ0n) is 19.0. The maximum absolute atomic E-state index is 12.9. The number of fused-ring (bicyclic) bond motifs is 1. The zero-order chi connectivity index (χ0) is 22.5. The van der Waals surface area contributed by atoms with Crippen LogP contribution in [0, 0.1) is 5.92 Å². The predicted octanol–water partition coefficient (Wildman–Crippen LogP) is 6.03. The first kappa shape index (κ1) is 21.4. The third-order valence-electron chi connectivity index (χ3n) is 6.89. The van der Waals surface area contributed by atoms with E-state index in [-0.39, 0.29) is 0 Å². The lowest BCUT2D eigenvalue weighted by Gasteiger charge is -2.32. The molecular weight excluding hydrogens is 406 g/mol. The van der Waals surface area contributed by atoms with Crippen LogP contribution in [-0.2, 0) is 17.6 Å². The van der Waals surface area contributed by atoms with Crippen molar-refractivity contribution in [1.29, 1.82) is 0 Å². The number of hydrogen-bond acceptors (Lipinski definition) is 2. The molecule has 33 heavy (non-hydrogen) atoms. The second-order valence-corrected chi connectivity index (χ2v) is 9.11. The first-order chi connectivity index (χ1) is 16.3. The third kappa shape index (κ3) is 5.00. The Labute approximate surface area is 195 Å². The minimum Gasteiger partial charge on any atom is -0.353 e. The summed E-state index contributed by atoms with van der Waals surface area (Å²) in [6, 6.07) is 25.1. The number of likely N-dealkylation sites (tertiary alicyclic amines) is 1. The van der Waals surface area contributed by atoms with Crippen LogP contribution in [0.25, 0.3) is 22.3 Å². The van der Waals surface area contributed by atoms with Crippen LogP contribution in [-0.4, -0.2) is 33.9 Å². The van der Waals surface area contributed by atoms with Crippen molar-refractivity contribution in [2.24, 2.45) is 5.92 Å². The van der Waals surface area contributed by atoms with Gasteiger partial charge in [0.25, 0.3) is 0 Å². The van der Waals surface area contributed by atoms with E-state index in [4.69, 9.17) is 0 Å². The summed E-state index contributed by atoms with van der Waals surface area (Å²) < 4.78 is 0. The summed E-state index contributed by atoms with van der Waals surface area (Å²) in [7, 11) is 0. The van der Waals surface area contributed by atoms with E-state index in [2.05, 4.69) is 69.5 Å². The van der Waals surface area contributed by atoms with Crippen LogP contribution < -0.4 is 0 Å². The molecule has 1 fully saturated rings. The molecule has 1 aliphatic rings. The SMILES string of the molecule is O=C(CCCc1c(-c2ccccn2)[nH]c2ccccc12)N1CCC(Cc2ccccc2)CC1. The van der Waals surface area contributed by atoms with Gasteiger partial charge in [-0.1, -0.05) is 54.6 Å². The average molecular weight is 438 g/mol. The van der Waals surface area contributed by atoms with Crippen molar-refractivity contribution in [1.82, 2.24) is 14.9 Å². The molecule has 0 saturated carbocycles. The first-order valence-corrected chi connectivity index (χ1v) is 12.1. The number of para-hydroxylation sites is 1. The van der Waals surface area contributed by atoms with Gasteiger partial charge in [-0.05, 0) is 67.3 Å². The quantitative estimate of drug-likeness (QED) is 0.383. The molecule has 0 bridgehead atoms. The van der Waals surface area contributed by atoms with Gasteiger partial charge in [0, 0.05) is 36.6 Å². The van der Waals surface area contributed by atoms with Crippen molar-refractivity contribution in [2.75, 3.05) is 13.1 Å². The summed E-state index contributed by atoms with van der Waals surface area (Å²) >= 11 is 0. The summed E-state index contributed by atoms with van der Waals surface area (Å²) in [5, 5.41) is 1.23. The number of aryl methyl sites for hydroxylation is 1. The number of benzene rings is 2. The molecule has 1 aliphatic heterocycles. The van der Waals surface area contributed by atoms with Crippen LogP contribution in [0.3, 0.4) is 0 Å². The fourth-order valence-corrected chi connectivity index (χ4v) is 5.10. The van der Waals surface area contributed by atoms with E-state index in [1.807, 2.05) is 24.4 Å². The molecular formula is C29H31N3O. The maximum Gasteiger partial charge on any atom is 0.222 e. The van der Waals surface area contributed by atoms with E-state index in [9.17, 15) is 4.79 Å². The van der Waals surface area contributed by atoms with E-state index < -0.39 is 0 Å². The highest BCUT2D eigenvalue weighted by molar-refractivity contribution is 5.90. The number of pyridine rings is 1. The standard InChI is InChI=1S/C29H31N3O/c33-28(32-19-16-23(17-20-32)21-22-9-2-1-3-10-22)15-8-12-25-24-11-4-5-13-26(24)31-29(25)27-14-6-7-18-30-27/h1-7,9-11,13-14,18,23,31H,8,12,15-17,19-21H2. The molecule has 3 heterocycles. The molecule has 0 atom stereocenters. The summed E-state index contributed by atoms with van der Waals surface area (Å²) in [5.74, 6) is 0.982. The van der Waals surface area contributed by atoms with Crippen molar-refractivity contribution < 1.29 is 4.79 Å². The smallest absolute Gasteiger partial charge is 0.222 e. The van der Waals surface area contributed by atoms with Gasteiger partial charge in [0.15, 0.2) is 0 Å². The van der Waals surface area contributed by atoms with Crippen molar-refractivity contribution in [3.05, 3.63) is 90.1 Å². The Morgan fingerprint density at radius 3 is 2.48 bits per heavy atom. The van der Waals surface area contributed by atoms with Crippen LogP contribution in [0.4, 0.5) is 0 Å². The summed E-state index contributed by atoms with van der Waals surface area (Å²) in [6.07, 6.45) is 7.48. The molecule has 0 aliphatic carbocycles. The zero-order valence-corrected chi connectivity index (χ0v) is 19.0. The normalized spacial score (nSPS) is 14.6. The molecule has 1 amide bonds. The van der Waals surface area contributed by atoms with Crippen molar-refractivity contribution in [3.63, 3.8) is 0 Å². The van der Waals surface area contributed by atoms with Crippen LogP contribution >= 0.6 is 0 Å². The lowest BCUT2D eigenvalue weighted by molar-refractivity contribution is -0.132. The van der Waals surface area contributed by atoms with E-state index in [1.165, 1.54) is 16.5 Å². The van der Waals surface area contributed by atoms with Crippen molar-refractivity contribution in [2.45, 2.75) is 38.5 Å². The highest BCUT2D eigenvalue weighted by Gasteiger charge is 2.23. The van der Waals surface area contributed by atoms with Crippen LogP contribution in [0.1, 0.15) is 36.8 Å². The molecule has 0 unspecified atom stereocenters. The van der Waals surface area contributed by atoms with Gasteiger partial charge in [-0.3, -0.25) is 9.78 Å². The Morgan fingerprint density at radius 2 is 1.70 bits per heavy atom. The number of nitrogens with one attached hydrogen (secondary N) is 1. The van der Waals surface area contributed by atoms with E-state index in [0.717, 1.165) is 62.1 Å². The Balaban J connectivity index is 1.18. The number of hydrogen-bond donors (Lipinski definition) is 1. The van der Waals surface area contributed by atoms with Gasteiger partial charge < -0.3 is 9.88 Å². The molecule has 4 aromatic rings. The van der Waals surface area contributed by atoms with Crippen molar-refractivity contribution in [3.8, 4) is 11.4 Å². The number of H-pyrrole nitrogens is 1. The Hall–Kier alpha value is -3.40. The average Bonchev–Trinajstić information content (AvgIpc) is 3.24. The topological polar surface area (TPSA) is 49.0 Å². The number of carbonyl (C=O) groups excluding carboxylic acids is 1. The molecule has 0 radical (unpaired) electrons. The van der Waals surface area contributed by atoms with Gasteiger partial charge in [0.05, 0.1) is 11.4 Å². The van der Waals surface area contributed by atoms with Gasteiger partial charge in [0.2, 0.25) is 5.91 Å². The van der Waals surface area contributed by atoms with Gasteiger partial charge in [-0.15, -0.1) is 0 Å². The van der Waals surface area contributed by atoms with Crippen LogP contribution in [0.15, 0.2) is 79.0 Å². The number of nitrogens with zero attached hydrogens (tertiary/aromatic N) is 2. The molecule has 5 rings (SSSR count). The second-order valence-electron chi connectivity index (χ2n) is 9.11. The number of amides is 1. The molecule has 2 aromatic heterocycles. The monoisotopic (exact) mass is 437 g/mol. The predicted molar refractivity (Wildman–Crippen MR) is 134 cm³/mol. The minimum absolute atomic E-state index is 0.299. The molecule has 4 heteroatoms. The Kier molecular flexibility index (Phi) is 6.52. The van der Waals surface area contributed by atoms with Crippen molar-refractivity contribution >= 4 is 16.8 Å². The molecule has 1 N–H and O–H groups in total. The van der Waals surface area contributed by atoms with Crippen LogP contribution in [0.5, 0.6) is 0 Å². The first-order valence-electron chi connectivity index (χ1n) is 12.1. The largest absolute Gasteiger partial charge is 0.353 e. The van der Waals surface area contributed by atoms with E-state index in [0.29, 0.717) is 18.2 Å². The molecule has 2 aromatic carbocycles. The second kappa shape index (κ2) is 10.0. The lowest BCUT2D eigenvalue weighted by atomic mass is 9.90. The fraction of sp³-hybridized carbons (Fsp3) is 0.310. The lowest BCUT2D eigenvalue weighted by Crippen LogP contribution is -2.38. The van der Waals surface area contributed by atoms with Gasteiger partial charge in [-0.25, -0.2) is 0 Å². The summed E-state index contributed by atoms with van der Waals surface area (Å²) in [4.78, 5) is 23.1. The number of carbonyl (C=O) groups is 1. The number of aromatic amines is 1. The maximum atomic E-state index is 12.9. The van der Waals surface area contributed by atoms with E-state index >= 15 is 0 Å². The molecule has 168 valence electrons. The highest BCUT2D eigenvalue weighted by Crippen LogP contribution is 2.30. The fourth-order valence-electron chi connectivity index (χ4n) is 5.10. The number of rotatable bonds is 7. The number of piperidine rings is 1. The van der Waals surface area contributed by atoms with Gasteiger partial charge >= 0.3 is 0 Å². The molecule has 0 spiro atoms. The highest BCUT2D eigenvalue weighted by atomic mass is 16.2. The number of aromatic nitrogens is 2. The summed E-state index contributed by atoms with van der Waals surface area (Å²) in [6.45, 7) is 1.78. The molecule has 1 saturated heterocycles. The van der Waals surface area contributed by atoms with Gasteiger partial charge in [-0.2, -0.15) is 0 Å². The third-order valence-corrected chi connectivity index (χ3v) is 6.89. The summed E-state index contributed by atoms with van der Waals surface area (Å²) in [5.41, 5.74) is 5.82.